The van der Waals surface area contributed by atoms with Gasteiger partial charge in [-0.1, -0.05) is 18.2 Å². The summed E-state index contributed by atoms with van der Waals surface area (Å²) in [6, 6.07) is 20.3. The normalized spacial score (nSPS) is 17.6. The number of benzene rings is 2. The summed E-state index contributed by atoms with van der Waals surface area (Å²) < 4.78 is 13.8. The van der Waals surface area contributed by atoms with E-state index in [2.05, 4.69) is 15.6 Å². The molecule has 0 spiro atoms. The minimum atomic E-state index is -0.929. The monoisotopic (exact) mass is 595 g/mol. The molecule has 2 aliphatic heterocycles. The number of pyridine rings is 1. The molecule has 3 aliphatic rings. The van der Waals surface area contributed by atoms with E-state index in [4.69, 9.17) is 0 Å². The van der Waals surface area contributed by atoms with E-state index in [0.717, 1.165) is 34.5 Å². The van der Waals surface area contributed by atoms with Gasteiger partial charge in [0.15, 0.2) is 0 Å². The highest BCUT2D eigenvalue weighted by Crippen LogP contribution is 2.42. The van der Waals surface area contributed by atoms with Crippen LogP contribution >= 0.6 is 11.3 Å². The zero-order chi connectivity index (χ0) is 29.5. The van der Waals surface area contributed by atoms with Gasteiger partial charge in [0, 0.05) is 47.0 Å². The van der Waals surface area contributed by atoms with E-state index in [1.165, 1.54) is 11.3 Å². The van der Waals surface area contributed by atoms with Crippen LogP contribution < -0.4 is 20.4 Å². The molecule has 1 saturated heterocycles. The molecule has 2 aromatic heterocycles. The Morgan fingerprint density at radius 3 is 2.51 bits per heavy atom. The Balaban J connectivity index is 1.08. The fraction of sp³-hybridized carbons (Fsp3) is 0.273. The van der Waals surface area contributed by atoms with Gasteiger partial charge in [-0.2, -0.15) is 0 Å². The number of fused-ring (bicyclic) bond motifs is 3. The lowest BCUT2D eigenvalue weighted by Crippen LogP contribution is -2.32. The molecule has 43 heavy (non-hydrogen) atoms. The van der Waals surface area contributed by atoms with Crippen LogP contribution in [0.4, 0.5) is 21.6 Å². The predicted octanol–water partition coefficient (Wildman–Crippen LogP) is 5.71. The molecule has 218 valence electrons. The Hall–Kier alpha value is -4.57. The molecule has 4 heterocycles. The summed E-state index contributed by atoms with van der Waals surface area (Å²) in [4.78, 5) is 49.3. The van der Waals surface area contributed by atoms with Crippen molar-refractivity contribution in [2.75, 3.05) is 34.8 Å². The Bertz CT molecular complexity index is 1720. The van der Waals surface area contributed by atoms with Crippen LogP contribution in [0.5, 0.6) is 0 Å². The molecule has 7 rings (SSSR count). The molecule has 3 amide bonds. The molecule has 1 atom stereocenters. The number of carbonyl (C=O) groups excluding carboxylic acids is 3. The second kappa shape index (κ2) is 11.3. The molecule has 4 aromatic rings. The third kappa shape index (κ3) is 5.50. The molecule has 1 aliphatic carbocycles. The number of amides is 3. The van der Waals surface area contributed by atoms with Crippen LogP contribution in [0, 0.1) is 0 Å². The van der Waals surface area contributed by atoms with Crippen LogP contribution in [0.2, 0.25) is 0 Å². The largest absolute Gasteiger partial charge is 0.353 e. The van der Waals surface area contributed by atoms with Crippen molar-refractivity contribution >= 4 is 46.3 Å². The van der Waals surface area contributed by atoms with Gasteiger partial charge in [0.05, 0.1) is 22.7 Å². The second-order valence-corrected chi connectivity index (χ2v) is 12.2. The Morgan fingerprint density at radius 2 is 1.74 bits per heavy atom. The summed E-state index contributed by atoms with van der Waals surface area (Å²) in [6.07, 6.45) is 3.80. The number of para-hydroxylation sites is 1. The molecule has 10 heteroatoms. The van der Waals surface area contributed by atoms with E-state index in [0.29, 0.717) is 59.5 Å². The van der Waals surface area contributed by atoms with Gasteiger partial charge in [-0.25, -0.2) is 9.37 Å². The van der Waals surface area contributed by atoms with E-state index in [9.17, 15) is 18.8 Å². The van der Waals surface area contributed by atoms with Crippen molar-refractivity contribution in [1.29, 1.82) is 0 Å². The van der Waals surface area contributed by atoms with Crippen LogP contribution in [0.3, 0.4) is 0 Å². The summed E-state index contributed by atoms with van der Waals surface area (Å²) >= 11 is 1.48. The Labute approximate surface area is 252 Å². The number of alkyl halides is 1. The van der Waals surface area contributed by atoms with Crippen LogP contribution in [0.25, 0.3) is 10.4 Å². The van der Waals surface area contributed by atoms with Crippen molar-refractivity contribution in [2.45, 2.75) is 37.9 Å². The minimum absolute atomic E-state index is 0.0256. The van der Waals surface area contributed by atoms with Gasteiger partial charge in [0.25, 0.3) is 17.7 Å². The first kappa shape index (κ1) is 27.3. The zero-order valence-electron chi connectivity index (χ0n) is 23.4. The van der Waals surface area contributed by atoms with Crippen molar-refractivity contribution in [3.8, 4) is 10.4 Å². The van der Waals surface area contributed by atoms with E-state index in [-0.39, 0.29) is 24.3 Å². The fourth-order valence-electron chi connectivity index (χ4n) is 5.69. The van der Waals surface area contributed by atoms with E-state index in [1.807, 2.05) is 30.3 Å². The van der Waals surface area contributed by atoms with Crippen LogP contribution in [0.1, 0.15) is 55.2 Å². The number of nitrogens with one attached hydrogen (secondary N) is 2. The van der Waals surface area contributed by atoms with Gasteiger partial charge in [-0.15, -0.1) is 11.3 Å². The Kier molecular flexibility index (Phi) is 7.14. The van der Waals surface area contributed by atoms with Gasteiger partial charge in [0.1, 0.15) is 12.0 Å². The summed E-state index contributed by atoms with van der Waals surface area (Å²) in [6.45, 7) is 1.21. The second-order valence-electron chi connectivity index (χ2n) is 11.2. The number of anilines is 3. The van der Waals surface area contributed by atoms with Crippen LogP contribution in [-0.4, -0.2) is 54.6 Å². The SMILES string of the molecule is O=C(NC1CC1)c1cc2c(s1)-c1ccccc1N(C(=O)c1ccc(NC(=O)c3cccnc3N3CCC(F)C3)cc1)CC2. The first-order valence-corrected chi connectivity index (χ1v) is 15.4. The third-order valence-electron chi connectivity index (χ3n) is 8.09. The molecule has 0 radical (unpaired) electrons. The quantitative estimate of drug-likeness (QED) is 0.298. The van der Waals surface area contributed by atoms with Crippen molar-refractivity contribution in [3.05, 3.63) is 94.5 Å². The van der Waals surface area contributed by atoms with Crippen molar-refractivity contribution < 1.29 is 18.8 Å². The molecule has 2 N–H and O–H groups in total. The summed E-state index contributed by atoms with van der Waals surface area (Å²) in [7, 11) is 0. The molecule has 0 bridgehead atoms. The van der Waals surface area contributed by atoms with Gasteiger partial charge in [0.2, 0.25) is 0 Å². The highest BCUT2D eigenvalue weighted by atomic mass is 32.1. The lowest BCUT2D eigenvalue weighted by Gasteiger charge is -2.23. The summed E-state index contributed by atoms with van der Waals surface area (Å²) in [5, 5.41) is 5.96. The average Bonchev–Trinajstić information content (AvgIpc) is 3.61. The van der Waals surface area contributed by atoms with Gasteiger partial charge < -0.3 is 20.4 Å². The van der Waals surface area contributed by atoms with E-state index in [1.54, 1.807) is 52.4 Å². The maximum atomic E-state index is 13.8. The number of thiophene rings is 1. The topological polar surface area (TPSA) is 94.6 Å². The number of halogens is 1. The lowest BCUT2D eigenvalue weighted by molar-refractivity contribution is 0.0952. The van der Waals surface area contributed by atoms with Crippen molar-refractivity contribution in [3.63, 3.8) is 0 Å². The van der Waals surface area contributed by atoms with Crippen molar-refractivity contribution in [2.24, 2.45) is 0 Å². The molecule has 2 fully saturated rings. The maximum Gasteiger partial charge on any atom is 0.261 e. The zero-order valence-corrected chi connectivity index (χ0v) is 24.2. The standard InChI is InChI=1S/C33H30FN5O3S/c34-22-14-16-38(19-22)30-26(5-3-15-35-30)31(40)36-23-9-7-20(8-10-23)33(42)39-17-13-21-18-28(32(41)37-24-11-12-24)43-29(21)25-4-1-2-6-27(25)39/h1-10,15,18,22,24H,11-14,16-17,19H2,(H,36,40)(H,37,41). The van der Waals surface area contributed by atoms with Gasteiger partial charge in [-0.05, 0) is 79.8 Å². The first-order valence-electron chi connectivity index (χ1n) is 14.5. The Morgan fingerprint density at radius 1 is 0.930 bits per heavy atom. The van der Waals surface area contributed by atoms with Gasteiger partial charge >= 0.3 is 0 Å². The smallest absolute Gasteiger partial charge is 0.261 e. The molecule has 1 saturated carbocycles. The lowest BCUT2D eigenvalue weighted by atomic mass is 10.1. The highest BCUT2D eigenvalue weighted by Gasteiger charge is 2.30. The average molecular weight is 596 g/mol. The van der Waals surface area contributed by atoms with E-state index >= 15 is 0 Å². The number of hydrogen-bond acceptors (Lipinski definition) is 6. The summed E-state index contributed by atoms with van der Waals surface area (Å²) in [5.41, 5.74) is 4.22. The maximum absolute atomic E-state index is 13.8. The number of aromatic nitrogens is 1. The van der Waals surface area contributed by atoms with Gasteiger partial charge in [-0.3, -0.25) is 14.4 Å². The molecular formula is C33H30FN5O3S. The number of rotatable bonds is 6. The molecular weight excluding hydrogens is 565 g/mol. The third-order valence-corrected chi connectivity index (χ3v) is 9.30. The number of carbonyl (C=O) groups is 3. The molecule has 1 unspecified atom stereocenters. The molecule has 2 aromatic carbocycles. The van der Waals surface area contributed by atoms with Crippen LogP contribution in [-0.2, 0) is 6.42 Å². The highest BCUT2D eigenvalue weighted by molar-refractivity contribution is 7.17. The minimum Gasteiger partial charge on any atom is -0.353 e. The molecule has 8 nitrogen and oxygen atoms in total. The van der Waals surface area contributed by atoms with E-state index < -0.39 is 6.17 Å². The first-order chi connectivity index (χ1) is 20.9. The fourth-order valence-corrected chi connectivity index (χ4v) is 6.84. The van der Waals surface area contributed by atoms with Crippen LogP contribution in [0.15, 0.2) is 72.9 Å². The number of hydrogen-bond donors (Lipinski definition) is 2. The summed E-state index contributed by atoms with van der Waals surface area (Å²) in [5.74, 6) is -0.0443. The number of nitrogens with zero attached hydrogens (tertiary/aromatic N) is 3. The van der Waals surface area contributed by atoms with Crippen molar-refractivity contribution in [1.82, 2.24) is 10.3 Å². The predicted molar refractivity (Wildman–Crippen MR) is 166 cm³/mol.